The lowest BCUT2D eigenvalue weighted by Crippen LogP contribution is -2.10. The van der Waals surface area contributed by atoms with Gasteiger partial charge in [-0.1, -0.05) is 198 Å². The summed E-state index contributed by atoms with van der Waals surface area (Å²) in [6, 6.07) is 35.8. The van der Waals surface area contributed by atoms with E-state index in [9.17, 15) is 4.79 Å². The molecule has 0 fully saturated rings. The number of benzene rings is 5. The molecule has 0 aliphatic carbocycles. The topological polar surface area (TPSA) is 26.9 Å². The lowest BCUT2D eigenvalue weighted by atomic mass is 9.95. The molecule has 2 aromatic heterocycles. The summed E-state index contributed by atoms with van der Waals surface area (Å²) in [5.74, 6) is 1.34. The highest BCUT2D eigenvalue weighted by molar-refractivity contribution is 6.15. The molecule has 0 aliphatic rings. The van der Waals surface area contributed by atoms with Gasteiger partial charge < -0.3 is 9.13 Å². The number of carbonyl (C=O) groups excluding carboxylic acids is 1. The fourth-order valence-electron chi connectivity index (χ4n) is 11.6. The van der Waals surface area contributed by atoms with Crippen molar-refractivity contribution in [3.05, 3.63) is 168 Å². The fraction of sp³-hybridized carbons (Fsp3) is 0.451. The minimum absolute atomic E-state index is 0.0628. The second-order valence-corrected chi connectivity index (χ2v) is 22.3. The van der Waals surface area contributed by atoms with Crippen LogP contribution in [0.1, 0.15) is 208 Å². The van der Waals surface area contributed by atoms with Gasteiger partial charge in [-0.15, -0.1) is 0 Å². The van der Waals surface area contributed by atoms with Crippen LogP contribution in [0.3, 0.4) is 0 Å². The first kappa shape index (κ1) is 56.1. The second kappa shape index (κ2) is 27.7. The van der Waals surface area contributed by atoms with E-state index in [0.717, 1.165) is 87.4 Å². The molecule has 3 heteroatoms. The van der Waals surface area contributed by atoms with Crippen LogP contribution in [-0.4, -0.2) is 14.9 Å². The van der Waals surface area contributed by atoms with Crippen molar-refractivity contribution in [2.75, 3.05) is 0 Å². The van der Waals surface area contributed by atoms with E-state index in [1.807, 2.05) is 18.2 Å². The smallest absolute Gasteiger partial charge is 0.193 e. The molecule has 7 aromatic rings. The third-order valence-electron chi connectivity index (χ3n) is 16.4. The Balaban J connectivity index is 0.991. The number of hydrogen-bond acceptors (Lipinski definition) is 1. The average Bonchev–Trinajstić information content (AvgIpc) is 3.89. The van der Waals surface area contributed by atoms with Crippen molar-refractivity contribution in [1.29, 1.82) is 0 Å². The SMILES string of the molecule is C=C(CCCC(=C)Cc1ccc2c3cc(C(=C)CCCCCC)ccc3n(CC(CC)CCCC)c2c1)Cc1ccc(C(=O)c2ccc3c(c2)c2cc(C(=C)CCCCC)ccc2n3CC(CC)CCCC)cc1. The van der Waals surface area contributed by atoms with Gasteiger partial charge in [0.15, 0.2) is 5.78 Å². The summed E-state index contributed by atoms with van der Waals surface area (Å²) in [6.45, 7) is 34.0. The van der Waals surface area contributed by atoms with Crippen LogP contribution >= 0.6 is 0 Å². The molecule has 5 aromatic carbocycles. The lowest BCUT2D eigenvalue weighted by molar-refractivity contribution is 0.103. The zero-order valence-corrected chi connectivity index (χ0v) is 47.0. The van der Waals surface area contributed by atoms with Crippen LogP contribution in [0.15, 0.2) is 135 Å². The maximum Gasteiger partial charge on any atom is 0.193 e. The van der Waals surface area contributed by atoms with Crippen molar-refractivity contribution >= 4 is 60.5 Å². The van der Waals surface area contributed by atoms with Gasteiger partial charge in [-0.05, 0) is 164 Å². The number of hydrogen-bond donors (Lipinski definition) is 0. The zero-order valence-electron chi connectivity index (χ0n) is 47.0. The van der Waals surface area contributed by atoms with E-state index in [1.165, 1.54) is 166 Å². The summed E-state index contributed by atoms with van der Waals surface area (Å²) in [5, 5.41) is 5.08. The summed E-state index contributed by atoms with van der Waals surface area (Å²) in [5.41, 5.74) is 16.6. The van der Waals surface area contributed by atoms with Crippen LogP contribution in [0.2, 0.25) is 0 Å². The molecule has 74 heavy (non-hydrogen) atoms. The monoisotopic (exact) mass is 989 g/mol. The molecule has 0 saturated carbocycles. The zero-order chi connectivity index (χ0) is 52.6. The first-order valence-corrected chi connectivity index (χ1v) is 29.4. The van der Waals surface area contributed by atoms with Crippen molar-refractivity contribution in [2.24, 2.45) is 11.8 Å². The van der Waals surface area contributed by atoms with Gasteiger partial charge in [-0.25, -0.2) is 0 Å². The Kier molecular flexibility index (Phi) is 21.0. The normalized spacial score (nSPS) is 12.6. The summed E-state index contributed by atoms with van der Waals surface area (Å²) in [4.78, 5) is 14.2. The van der Waals surface area contributed by atoms with Crippen molar-refractivity contribution in [3.63, 3.8) is 0 Å². The highest BCUT2D eigenvalue weighted by Gasteiger charge is 2.20. The van der Waals surface area contributed by atoms with Crippen LogP contribution in [-0.2, 0) is 25.9 Å². The Bertz CT molecular complexity index is 3020. The summed E-state index contributed by atoms with van der Waals surface area (Å²) >= 11 is 0. The van der Waals surface area contributed by atoms with Gasteiger partial charge in [0.2, 0.25) is 0 Å². The average molecular weight is 990 g/mol. The standard InChI is InChI=1S/C71H92N2O/c1-11-17-21-23-28-54(10)60-36-40-67-64(46-60)63-39-33-58(45-70(63)73(67)50-56(16-6)30-20-14-4)44-52(8)26-24-25-51(7)43-57-31-34-59(35-32-57)71(74)62-38-42-69-66(48-62)65-47-61(53(9)27-22-18-12-2)37-41-68(65)72(69)49-55(15-5)29-19-13-3/h31-42,45-48,55-56H,7-30,43-44,49-50H2,1-6H3. The Morgan fingerprint density at radius 1 is 0.405 bits per heavy atom. The molecule has 0 saturated heterocycles. The summed E-state index contributed by atoms with van der Waals surface area (Å²) in [6.07, 6.45) is 25.2. The molecule has 392 valence electrons. The van der Waals surface area contributed by atoms with Gasteiger partial charge in [0.25, 0.3) is 0 Å². The predicted octanol–water partition coefficient (Wildman–Crippen LogP) is 21.2. The van der Waals surface area contributed by atoms with Gasteiger partial charge in [-0.3, -0.25) is 4.79 Å². The van der Waals surface area contributed by atoms with E-state index in [4.69, 9.17) is 0 Å². The first-order valence-electron chi connectivity index (χ1n) is 29.4. The summed E-state index contributed by atoms with van der Waals surface area (Å²) < 4.78 is 5.14. The first-order chi connectivity index (χ1) is 36.0. The molecule has 0 N–H and O–H groups in total. The van der Waals surface area contributed by atoms with Gasteiger partial charge in [-0.2, -0.15) is 0 Å². The molecule has 0 aliphatic heterocycles. The molecule has 2 unspecified atom stereocenters. The Hall–Kier alpha value is -5.67. The van der Waals surface area contributed by atoms with Gasteiger partial charge in [0.1, 0.15) is 0 Å². The Labute approximate surface area is 447 Å². The van der Waals surface area contributed by atoms with Crippen molar-refractivity contribution < 1.29 is 4.79 Å². The van der Waals surface area contributed by atoms with Crippen LogP contribution in [0.5, 0.6) is 0 Å². The summed E-state index contributed by atoms with van der Waals surface area (Å²) in [7, 11) is 0. The third kappa shape index (κ3) is 14.2. The largest absolute Gasteiger partial charge is 0.340 e. The number of fused-ring (bicyclic) bond motifs is 6. The minimum Gasteiger partial charge on any atom is -0.340 e. The maximum atomic E-state index is 14.2. The van der Waals surface area contributed by atoms with Crippen molar-refractivity contribution in [2.45, 2.75) is 196 Å². The minimum atomic E-state index is 0.0628. The number of ketones is 1. The number of unbranched alkanes of at least 4 members (excludes halogenated alkanes) is 7. The maximum absolute atomic E-state index is 14.2. The molecular formula is C71H92N2O. The van der Waals surface area contributed by atoms with E-state index < -0.39 is 0 Å². The second-order valence-electron chi connectivity index (χ2n) is 22.3. The van der Waals surface area contributed by atoms with Gasteiger partial charge in [0.05, 0.1) is 0 Å². The van der Waals surface area contributed by atoms with Crippen molar-refractivity contribution in [1.82, 2.24) is 9.13 Å². The van der Waals surface area contributed by atoms with E-state index in [2.05, 4.69) is 156 Å². The Morgan fingerprint density at radius 2 is 0.838 bits per heavy atom. The predicted molar refractivity (Wildman–Crippen MR) is 326 cm³/mol. The van der Waals surface area contributed by atoms with E-state index >= 15 is 0 Å². The van der Waals surface area contributed by atoms with Crippen LogP contribution < -0.4 is 0 Å². The number of aromatic nitrogens is 2. The number of allylic oxidation sites excluding steroid dienone is 4. The fourth-order valence-corrected chi connectivity index (χ4v) is 11.6. The van der Waals surface area contributed by atoms with Crippen molar-refractivity contribution in [3.8, 4) is 0 Å². The third-order valence-corrected chi connectivity index (χ3v) is 16.4. The Morgan fingerprint density at radius 3 is 1.36 bits per heavy atom. The molecule has 0 bridgehead atoms. The quantitative estimate of drug-likeness (QED) is 0.0229. The number of carbonyl (C=O) groups is 1. The lowest BCUT2D eigenvalue weighted by Gasteiger charge is -2.18. The number of rotatable bonds is 33. The molecule has 2 heterocycles. The van der Waals surface area contributed by atoms with Gasteiger partial charge >= 0.3 is 0 Å². The molecular weight excluding hydrogens is 897 g/mol. The molecule has 7 rings (SSSR count). The van der Waals surface area contributed by atoms with E-state index in [0.29, 0.717) is 11.8 Å². The molecule has 0 amide bonds. The number of nitrogens with zero attached hydrogens (tertiary/aromatic N) is 2. The molecule has 3 nitrogen and oxygen atoms in total. The van der Waals surface area contributed by atoms with E-state index in [-0.39, 0.29) is 5.78 Å². The van der Waals surface area contributed by atoms with Crippen LogP contribution in [0.4, 0.5) is 0 Å². The molecule has 2 atom stereocenters. The highest BCUT2D eigenvalue weighted by Crippen LogP contribution is 2.37. The molecule has 0 spiro atoms. The van der Waals surface area contributed by atoms with E-state index in [1.54, 1.807) is 0 Å². The van der Waals surface area contributed by atoms with Crippen LogP contribution in [0.25, 0.3) is 54.8 Å². The highest BCUT2D eigenvalue weighted by atomic mass is 16.1. The molecule has 0 radical (unpaired) electrons. The van der Waals surface area contributed by atoms with Gasteiger partial charge in [0, 0.05) is 67.8 Å². The van der Waals surface area contributed by atoms with Crippen LogP contribution in [0, 0.1) is 11.8 Å².